The number of hydrogen-bond donors (Lipinski definition) is 1. The zero-order valence-electron chi connectivity index (χ0n) is 10.1. The Labute approximate surface area is 102 Å². The van der Waals surface area contributed by atoms with Crippen molar-refractivity contribution in [1.29, 1.82) is 0 Å². The summed E-state index contributed by atoms with van der Waals surface area (Å²) in [5.74, 6) is -0.279. The molecule has 0 aliphatic rings. The maximum Gasteiger partial charge on any atom is 0.125 e. The first-order valence-corrected chi connectivity index (χ1v) is 5.96. The van der Waals surface area contributed by atoms with Gasteiger partial charge in [-0.3, -0.25) is 0 Å². The van der Waals surface area contributed by atoms with Crippen LogP contribution in [0.5, 0.6) is 0 Å². The minimum absolute atomic E-state index is 0.275. The van der Waals surface area contributed by atoms with Crippen molar-refractivity contribution in [2.75, 3.05) is 6.54 Å². The van der Waals surface area contributed by atoms with E-state index in [0.717, 1.165) is 18.5 Å². The lowest BCUT2D eigenvalue weighted by molar-refractivity contribution is 0.327. The van der Waals surface area contributed by atoms with Crippen molar-refractivity contribution in [2.45, 2.75) is 33.7 Å². The van der Waals surface area contributed by atoms with E-state index in [0.29, 0.717) is 11.6 Å². The van der Waals surface area contributed by atoms with Gasteiger partial charge in [-0.2, -0.15) is 0 Å². The van der Waals surface area contributed by atoms with Crippen LogP contribution in [-0.2, 0) is 6.54 Å². The van der Waals surface area contributed by atoms with E-state index >= 15 is 0 Å². The molecule has 0 unspecified atom stereocenters. The number of rotatable bonds is 5. The quantitative estimate of drug-likeness (QED) is 0.824. The third-order valence-electron chi connectivity index (χ3n) is 2.81. The van der Waals surface area contributed by atoms with Gasteiger partial charge in [0.05, 0.1) is 0 Å². The maximum atomic E-state index is 13.0. The van der Waals surface area contributed by atoms with Crippen LogP contribution in [0, 0.1) is 11.2 Å². The predicted molar refractivity (Wildman–Crippen MR) is 67.2 cm³/mol. The van der Waals surface area contributed by atoms with Crippen LogP contribution < -0.4 is 5.32 Å². The molecule has 1 nitrogen and oxygen atoms in total. The first-order valence-electron chi connectivity index (χ1n) is 5.58. The zero-order chi connectivity index (χ0) is 12.2. The summed E-state index contributed by atoms with van der Waals surface area (Å²) in [5.41, 5.74) is 1.16. The molecule has 0 heterocycles. The van der Waals surface area contributed by atoms with Crippen LogP contribution in [0.3, 0.4) is 0 Å². The van der Waals surface area contributed by atoms with Gasteiger partial charge in [0.15, 0.2) is 0 Å². The molecule has 0 radical (unpaired) electrons. The van der Waals surface area contributed by atoms with Crippen molar-refractivity contribution in [2.24, 2.45) is 5.41 Å². The van der Waals surface area contributed by atoms with Crippen LogP contribution in [0.1, 0.15) is 32.8 Å². The second kappa shape index (κ2) is 5.65. The fourth-order valence-corrected chi connectivity index (χ4v) is 1.63. The van der Waals surface area contributed by atoms with Gasteiger partial charge in [0, 0.05) is 18.1 Å². The Hall–Kier alpha value is -0.600. The molecular weight excluding hydrogens is 225 g/mol. The molecule has 0 saturated carbocycles. The van der Waals surface area contributed by atoms with Crippen LogP contribution in [0.4, 0.5) is 4.39 Å². The van der Waals surface area contributed by atoms with Crippen molar-refractivity contribution in [3.05, 3.63) is 34.6 Å². The van der Waals surface area contributed by atoms with Crippen LogP contribution in [0.15, 0.2) is 18.2 Å². The van der Waals surface area contributed by atoms with Gasteiger partial charge in [-0.25, -0.2) is 4.39 Å². The van der Waals surface area contributed by atoms with Gasteiger partial charge in [-0.1, -0.05) is 32.4 Å². The molecule has 0 aliphatic carbocycles. The fraction of sp³-hybridized carbons (Fsp3) is 0.538. The lowest BCUT2D eigenvalue weighted by Crippen LogP contribution is -2.28. The van der Waals surface area contributed by atoms with E-state index in [4.69, 9.17) is 11.6 Å². The van der Waals surface area contributed by atoms with Crippen LogP contribution >= 0.6 is 11.6 Å². The number of benzene rings is 1. The molecular formula is C13H19ClFN. The van der Waals surface area contributed by atoms with Crippen LogP contribution in [0.25, 0.3) is 0 Å². The Bertz CT molecular complexity index is 330. The van der Waals surface area contributed by atoms with Gasteiger partial charge in [-0.05, 0) is 35.6 Å². The average molecular weight is 244 g/mol. The highest BCUT2D eigenvalue weighted by Crippen LogP contribution is 2.18. The molecule has 1 N–H and O–H groups in total. The molecule has 1 rings (SSSR count). The van der Waals surface area contributed by atoms with Crippen molar-refractivity contribution in [3.8, 4) is 0 Å². The molecule has 0 aromatic heterocycles. The molecule has 0 saturated heterocycles. The molecule has 90 valence electrons. The summed E-state index contributed by atoms with van der Waals surface area (Å²) in [7, 11) is 0. The highest BCUT2D eigenvalue weighted by molar-refractivity contribution is 6.30. The molecule has 1 aromatic carbocycles. The topological polar surface area (TPSA) is 12.0 Å². The van der Waals surface area contributed by atoms with E-state index < -0.39 is 0 Å². The van der Waals surface area contributed by atoms with Gasteiger partial charge in [0.2, 0.25) is 0 Å². The second-order valence-electron chi connectivity index (χ2n) is 4.90. The minimum atomic E-state index is -0.279. The summed E-state index contributed by atoms with van der Waals surface area (Å²) < 4.78 is 13.0. The third-order valence-corrected chi connectivity index (χ3v) is 3.03. The highest BCUT2D eigenvalue weighted by atomic mass is 35.5. The van der Waals surface area contributed by atoms with Gasteiger partial charge in [0.1, 0.15) is 5.82 Å². The van der Waals surface area contributed by atoms with Crippen LogP contribution in [0.2, 0.25) is 5.02 Å². The molecule has 0 aliphatic heterocycles. The Balaban J connectivity index is 2.49. The second-order valence-corrected chi connectivity index (χ2v) is 5.34. The SMILES string of the molecule is CCC(C)(C)CNCc1cc(F)cc(Cl)c1. The van der Waals surface area contributed by atoms with Crippen molar-refractivity contribution >= 4 is 11.6 Å². The lowest BCUT2D eigenvalue weighted by Gasteiger charge is -2.23. The molecule has 3 heteroatoms. The Morgan fingerprint density at radius 2 is 2.00 bits per heavy atom. The molecule has 0 bridgehead atoms. The van der Waals surface area contributed by atoms with Gasteiger partial charge in [-0.15, -0.1) is 0 Å². The van der Waals surface area contributed by atoms with Crippen LogP contribution in [-0.4, -0.2) is 6.54 Å². The Morgan fingerprint density at radius 1 is 1.31 bits per heavy atom. The molecule has 0 spiro atoms. The third kappa shape index (κ3) is 4.50. The van der Waals surface area contributed by atoms with E-state index in [-0.39, 0.29) is 11.2 Å². The smallest absolute Gasteiger partial charge is 0.125 e. The van der Waals surface area contributed by atoms with Crippen molar-refractivity contribution < 1.29 is 4.39 Å². The van der Waals surface area contributed by atoms with E-state index in [1.807, 2.05) is 0 Å². The van der Waals surface area contributed by atoms with Gasteiger partial charge >= 0.3 is 0 Å². The summed E-state index contributed by atoms with van der Waals surface area (Å²) in [5, 5.41) is 3.77. The zero-order valence-corrected chi connectivity index (χ0v) is 10.9. The van der Waals surface area contributed by atoms with E-state index in [1.54, 1.807) is 6.07 Å². The van der Waals surface area contributed by atoms with Crippen molar-refractivity contribution in [1.82, 2.24) is 5.32 Å². The van der Waals surface area contributed by atoms with E-state index in [9.17, 15) is 4.39 Å². The molecule has 0 atom stereocenters. The first kappa shape index (κ1) is 13.5. The van der Waals surface area contributed by atoms with Crippen molar-refractivity contribution in [3.63, 3.8) is 0 Å². The van der Waals surface area contributed by atoms with Gasteiger partial charge < -0.3 is 5.32 Å². The average Bonchev–Trinajstić information content (AvgIpc) is 2.16. The summed E-state index contributed by atoms with van der Waals surface area (Å²) in [6.45, 7) is 8.15. The number of hydrogen-bond acceptors (Lipinski definition) is 1. The Kier molecular flexibility index (Phi) is 4.75. The normalized spacial score (nSPS) is 11.8. The number of nitrogens with one attached hydrogen (secondary N) is 1. The minimum Gasteiger partial charge on any atom is -0.312 e. The first-order chi connectivity index (χ1) is 7.43. The molecule has 1 aromatic rings. The number of halogens is 2. The standard InChI is InChI=1S/C13H19ClFN/c1-4-13(2,3)9-16-8-10-5-11(14)7-12(15)6-10/h5-7,16H,4,8-9H2,1-3H3. The van der Waals surface area contributed by atoms with E-state index in [1.165, 1.54) is 12.1 Å². The monoisotopic (exact) mass is 243 g/mol. The highest BCUT2D eigenvalue weighted by Gasteiger charge is 2.13. The molecule has 16 heavy (non-hydrogen) atoms. The summed E-state index contributed by atoms with van der Waals surface area (Å²) in [6, 6.07) is 4.62. The maximum absolute atomic E-state index is 13.0. The Morgan fingerprint density at radius 3 is 2.56 bits per heavy atom. The summed E-state index contributed by atoms with van der Waals surface area (Å²) in [4.78, 5) is 0. The summed E-state index contributed by atoms with van der Waals surface area (Å²) in [6.07, 6.45) is 1.11. The molecule has 0 amide bonds. The van der Waals surface area contributed by atoms with Gasteiger partial charge in [0.25, 0.3) is 0 Å². The lowest BCUT2D eigenvalue weighted by atomic mass is 9.90. The fourth-order valence-electron chi connectivity index (χ4n) is 1.38. The largest absolute Gasteiger partial charge is 0.312 e. The summed E-state index contributed by atoms with van der Waals surface area (Å²) >= 11 is 5.78. The predicted octanol–water partition coefficient (Wildman–Crippen LogP) is 4.00. The van der Waals surface area contributed by atoms with E-state index in [2.05, 4.69) is 26.1 Å². The molecule has 0 fully saturated rings.